The Morgan fingerprint density at radius 3 is 2.50 bits per heavy atom. The van der Waals surface area contributed by atoms with Gasteiger partial charge >= 0.3 is 0 Å². The SMILES string of the molecule is CCN(CC)CCCN1C(=O)C(=O)C(=C(O)c2cnn(-c3ccccc3)c2C)[C@@H]1c1cccs1. The van der Waals surface area contributed by atoms with Gasteiger partial charge in [-0.05, 0) is 56.6 Å². The predicted molar refractivity (Wildman–Crippen MR) is 134 cm³/mol. The van der Waals surface area contributed by atoms with Gasteiger partial charge in [-0.25, -0.2) is 4.68 Å². The van der Waals surface area contributed by atoms with E-state index in [1.807, 2.05) is 54.8 Å². The number of aliphatic hydroxyl groups excluding tert-OH is 1. The normalized spacial score (nSPS) is 17.8. The molecule has 1 amide bonds. The molecule has 7 nitrogen and oxygen atoms in total. The number of thiophene rings is 1. The van der Waals surface area contributed by atoms with Crippen LogP contribution in [0.15, 0.2) is 59.6 Å². The molecule has 0 radical (unpaired) electrons. The minimum atomic E-state index is -0.648. The molecule has 0 aliphatic carbocycles. The summed E-state index contributed by atoms with van der Waals surface area (Å²) >= 11 is 1.48. The number of aromatic nitrogens is 2. The summed E-state index contributed by atoms with van der Waals surface area (Å²) in [6.07, 6.45) is 2.30. The van der Waals surface area contributed by atoms with E-state index in [0.29, 0.717) is 17.8 Å². The number of aliphatic hydroxyl groups is 1. The van der Waals surface area contributed by atoms with Crippen LogP contribution >= 0.6 is 11.3 Å². The summed E-state index contributed by atoms with van der Waals surface area (Å²) < 4.78 is 1.72. The molecule has 0 unspecified atom stereocenters. The third kappa shape index (κ3) is 4.43. The number of carbonyl (C=O) groups excluding carboxylic acids is 2. The molecule has 1 aromatic carbocycles. The van der Waals surface area contributed by atoms with E-state index in [2.05, 4.69) is 23.8 Å². The molecule has 0 saturated carbocycles. The first-order valence-electron chi connectivity index (χ1n) is 11.6. The first-order chi connectivity index (χ1) is 16.5. The number of hydrogen-bond acceptors (Lipinski definition) is 6. The summed E-state index contributed by atoms with van der Waals surface area (Å²) in [4.78, 5) is 31.0. The van der Waals surface area contributed by atoms with Gasteiger partial charge in [0, 0.05) is 11.4 Å². The maximum Gasteiger partial charge on any atom is 0.295 e. The average Bonchev–Trinajstić information content (AvgIpc) is 3.57. The Hall–Kier alpha value is -3.23. The zero-order valence-electron chi connectivity index (χ0n) is 19.8. The van der Waals surface area contributed by atoms with Crippen LogP contribution in [-0.2, 0) is 9.59 Å². The van der Waals surface area contributed by atoms with Gasteiger partial charge in [0.1, 0.15) is 5.76 Å². The predicted octanol–water partition coefficient (Wildman–Crippen LogP) is 4.40. The van der Waals surface area contributed by atoms with Gasteiger partial charge in [0.05, 0.1) is 34.8 Å². The molecule has 0 bridgehead atoms. The summed E-state index contributed by atoms with van der Waals surface area (Å²) in [5.41, 5.74) is 2.13. The van der Waals surface area contributed by atoms with Gasteiger partial charge in [-0.1, -0.05) is 38.1 Å². The summed E-state index contributed by atoms with van der Waals surface area (Å²) in [7, 11) is 0. The monoisotopic (exact) mass is 478 g/mol. The van der Waals surface area contributed by atoms with Gasteiger partial charge in [-0.2, -0.15) is 5.10 Å². The molecular weight excluding hydrogens is 448 g/mol. The fourth-order valence-electron chi connectivity index (χ4n) is 4.47. The fraction of sp³-hybridized carbons (Fsp3) is 0.346. The Balaban J connectivity index is 1.72. The molecule has 1 N–H and O–H groups in total. The molecule has 1 fully saturated rings. The van der Waals surface area contributed by atoms with Crippen molar-refractivity contribution < 1.29 is 14.7 Å². The highest BCUT2D eigenvalue weighted by Gasteiger charge is 2.46. The smallest absolute Gasteiger partial charge is 0.295 e. The van der Waals surface area contributed by atoms with Gasteiger partial charge in [-0.15, -0.1) is 11.3 Å². The van der Waals surface area contributed by atoms with Crippen LogP contribution in [0.3, 0.4) is 0 Å². The van der Waals surface area contributed by atoms with Crippen molar-refractivity contribution in [1.82, 2.24) is 19.6 Å². The van der Waals surface area contributed by atoms with Gasteiger partial charge in [0.25, 0.3) is 11.7 Å². The van der Waals surface area contributed by atoms with E-state index in [9.17, 15) is 14.7 Å². The second-order valence-electron chi connectivity index (χ2n) is 8.28. The van der Waals surface area contributed by atoms with Crippen LogP contribution in [-0.4, -0.2) is 62.6 Å². The van der Waals surface area contributed by atoms with E-state index >= 15 is 0 Å². The van der Waals surface area contributed by atoms with Crippen LogP contribution in [0.4, 0.5) is 0 Å². The van der Waals surface area contributed by atoms with Crippen LogP contribution in [0.5, 0.6) is 0 Å². The number of amides is 1. The zero-order valence-corrected chi connectivity index (χ0v) is 20.6. The molecule has 1 saturated heterocycles. The molecule has 3 aromatic rings. The molecular formula is C26H30N4O3S. The molecule has 3 heterocycles. The molecule has 178 valence electrons. The topological polar surface area (TPSA) is 78.7 Å². The van der Waals surface area contributed by atoms with Crippen molar-refractivity contribution in [1.29, 1.82) is 0 Å². The Morgan fingerprint density at radius 1 is 1.12 bits per heavy atom. The number of benzene rings is 1. The van der Waals surface area contributed by atoms with Crippen LogP contribution < -0.4 is 0 Å². The number of Topliss-reactive ketones (excluding diaryl/α,β-unsaturated/α-hetero) is 1. The van der Waals surface area contributed by atoms with Crippen LogP contribution in [0.2, 0.25) is 0 Å². The summed E-state index contributed by atoms with van der Waals surface area (Å²) in [6.45, 7) is 9.23. The van der Waals surface area contributed by atoms with E-state index in [0.717, 1.165) is 36.6 Å². The molecule has 0 spiro atoms. The van der Waals surface area contributed by atoms with Crippen molar-refractivity contribution in [2.45, 2.75) is 33.2 Å². The molecule has 8 heteroatoms. The second kappa shape index (κ2) is 10.4. The second-order valence-corrected chi connectivity index (χ2v) is 9.26. The Kier molecular flexibility index (Phi) is 7.29. The largest absolute Gasteiger partial charge is 0.507 e. The van der Waals surface area contributed by atoms with E-state index < -0.39 is 17.7 Å². The highest BCUT2D eigenvalue weighted by molar-refractivity contribution is 7.10. The summed E-state index contributed by atoms with van der Waals surface area (Å²) in [5, 5.41) is 17.7. The highest BCUT2D eigenvalue weighted by atomic mass is 32.1. The lowest BCUT2D eigenvalue weighted by molar-refractivity contribution is -0.139. The van der Waals surface area contributed by atoms with E-state index in [1.165, 1.54) is 11.3 Å². The molecule has 2 aromatic heterocycles. The van der Waals surface area contributed by atoms with Crippen molar-refractivity contribution in [3.63, 3.8) is 0 Å². The van der Waals surface area contributed by atoms with Crippen molar-refractivity contribution in [2.24, 2.45) is 0 Å². The van der Waals surface area contributed by atoms with E-state index in [-0.39, 0.29) is 11.3 Å². The maximum atomic E-state index is 13.2. The lowest BCUT2D eigenvalue weighted by Crippen LogP contribution is -2.33. The first-order valence-corrected chi connectivity index (χ1v) is 12.5. The number of rotatable bonds is 9. The molecule has 1 atom stereocenters. The van der Waals surface area contributed by atoms with Gasteiger partial charge in [-0.3, -0.25) is 9.59 Å². The molecule has 1 aliphatic heterocycles. The van der Waals surface area contributed by atoms with E-state index in [4.69, 9.17) is 0 Å². The number of carbonyl (C=O) groups is 2. The minimum absolute atomic E-state index is 0.131. The van der Waals surface area contributed by atoms with Crippen LogP contribution in [0.25, 0.3) is 11.4 Å². The van der Waals surface area contributed by atoms with Crippen molar-refractivity contribution in [3.05, 3.63) is 75.7 Å². The zero-order chi connectivity index (χ0) is 24.2. The number of nitrogens with zero attached hydrogens (tertiary/aromatic N) is 4. The Morgan fingerprint density at radius 2 is 1.85 bits per heavy atom. The Bertz CT molecular complexity index is 1180. The van der Waals surface area contributed by atoms with E-state index in [1.54, 1.807) is 15.8 Å². The molecule has 1 aliphatic rings. The third-order valence-corrected chi connectivity index (χ3v) is 7.31. The maximum absolute atomic E-state index is 13.2. The fourth-order valence-corrected chi connectivity index (χ4v) is 5.32. The van der Waals surface area contributed by atoms with Gasteiger partial charge in [0.2, 0.25) is 0 Å². The highest BCUT2D eigenvalue weighted by Crippen LogP contribution is 2.41. The van der Waals surface area contributed by atoms with Gasteiger partial charge in [0.15, 0.2) is 0 Å². The van der Waals surface area contributed by atoms with Crippen molar-refractivity contribution in [3.8, 4) is 5.69 Å². The lowest BCUT2D eigenvalue weighted by Gasteiger charge is -2.25. The van der Waals surface area contributed by atoms with Crippen LogP contribution in [0, 0.1) is 6.92 Å². The summed E-state index contributed by atoms with van der Waals surface area (Å²) in [6, 6.07) is 12.8. The Labute approximate surface area is 203 Å². The third-order valence-electron chi connectivity index (χ3n) is 6.39. The number of hydrogen-bond donors (Lipinski definition) is 1. The minimum Gasteiger partial charge on any atom is -0.507 e. The number of likely N-dealkylation sites (tertiary alicyclic amines) is 1. The number of ketones is 1. The first kappa shape index (κ1) is 23.9. The van der Waals surface area contributed by atoms with Crippen LogP contribution in [0.1, 0.15) is 42.4 Å². The molecule has 34 heavy (non-hydrogen) atoms. The summed E-state index contributed by atoms with van der Waals surface area (Å²) in [5.74, 6) is -1.39. The van der Waals surface area contributed by atoms with Crippen molar-refractivity contribution >= 4 is 28.8 Å². The molecule has 4 rings (SSSR count). The standard InChI is InChI=1S/C26H30N4O3S/c1-4-28(5-2)14-10-15-29-23(21-13-9-16-34-21)22(25(32)26(29)33)24(31)20-17-27-30(18(20)3)19-11-7-6-8-12-19/h6-9,11-13,16-17,23,31H,4-5,10,14-15H2,1-3H3/t23-/m0/s1. The number of para-hydroxylation sites is 1. The van der Waals surface area contributed by atoms with Gasteiger partial charge < -0.3 is 14.9 Å². The average molecular weight is 479 g/mol. The van der Waals surface area contributed by atoms with Crippen molar-refractivity contribution in [2.75, 3.05) is 26.2 Å². The quantitative estimate of drug-likeness (QED) is 0.280. The lowest BCUT2D eigenvalue weighted by atomic mass is 10.00.